The van der Waals surface area contributed by atoms with Gasteiger partial charge in [-0.15, -0.1) is 0 Å². The third-order valence-corrected chi connectivity index (χ3v) is 6.54. The van der Waals surface area contributed by atoms with Gasteiger partial charge in [0.1, 0.15) is 0 Å². The summed E-state index contributed by atoms with van der Waals surface area (Å²) in [6.07, 6.45) is 4.26. The van der Waals surface area contributed by atoms with Gasteiger partial charge in [-0.3, -0.25) is 14.7 Å². The second-order valence-corrected chi connectivity index (χ2v) is 11.5. The van der Waals surface area contributed by atoms with Gasteiger partial charge in [-0.25, -0.2) is 0 Å². The van der Waals surface area contributed by atoms with Crippen molar-refractivity contribution in [1.29, 1.82) is 0 Å². The molecule has 1 aromatic rings. The van der Waals surface area contributed by atoms with E-state index >= 15 is 0 Å². The fraction of sp³-hybridized carbons (Fsp3) is 0.625. The van der Waals surface area contributed by atoms with Crippen LogP contribution in [0, 0.1) is 6.92 Å². The summed E-state index contributed by atoms with van der Waals surface area (Å²) in [5, 5.41) is 0. The zero-order chi connectivity index (χ0) is 16.8. The first-order valence-corrected chi connectivity index (χ1v) is 14.2. The van der Waals surface area contributed by atoms with Crippen LogP contribution in [0.15, 0.2) is 24.3 Å². The maximum atomic E-state index is 4.85. The third-order valence-electron chi connectivity index (χ3n) is 4.14. The van der Waals surface area contributed by atoms with Crippen LogP contribution >= 0.6 is 27.3 Å². The Kier molecular flexibility index (Phi) is 8.74. The molecule has 0 atom stereocenters. The normalized spacial score (nSPS) is 30.5. The van der Waals surface area contributed by atoms with Crippen LogP contribution in [-0.4, -0.2) is 53.6 Å². The van der Waals surface area contributed by atoms with Crippen molar-refractivity contribution in [2.75, 3.05) is 38.9 Å². The van der Waals surface area contributed by atoms with Crippen molar-refractivity contribution in [3.8, 4) is 0 Å². The van der Waals surface area contributed by atoms with E-state index in [2.05, 4.69) is 59.7 Å². The van der Waals surface area contributed by atoms with E-state index in [0.717, 1.165) is 0 Å². The summed E-state index contributed by atoms with van der Waals surface area (Å²) < 4.78 is 0. The molecule has 0 saturated carbocycles. The van der Waals surface area contributed by atoms with Crippen molar-refractivity contribution in [3.63, 3.8) is 0 Å². The monoisotopic (exact) mass is 463 g/mol. The summed E-state index contributed by atoms with van der Waals surface area (Å²) in [7, 11) is 10.1. The second-order valence-electron chi connectivity index (χ2n) is 6.65. The van der Waals surface area contributed by atoms with Crippen LogP contribution in [-0.2, 0) is 15.1 Å². The molecule has 0 aliphatic carbocycles. The molecule has 4 bridgehead atoms. The summed E-state index contributed by atoms with van der Waals surface area (Å²) in [6.45, 7) is 10.3. The van der Waals surface area contributed by atoms with Gasteiger partial charge in [-0.05, 0) is 18.4 Å². The number of nitrogens with zero attached hydrogens (tertiary/aromatic N) is 3. The van der Waals surface area contributed by atoms with Crippen molar-refractivity contribution in [2.45, 2.75) is 26.7 Å². The van der Waals surface area contributed by atoms with Crippen LogP contribution in [0.5, 0.6) is 0 Å². The van der Waals surface area contributed by atoms with Crippen molar-refractivity contribution in [3.05, 3.63) is 35.4 Å². The van der Waals surface area contributed by atoms with Crippen LogP contribution in [0.4, 0.5) is 0 Å². The van der Waals surface area contributed by atoms with Crippen molar-refractivity contribution >= 4 is 27.3 Å². The quantitative estimate of drug-likeness (QED) is 0.444. The van der Waals surface area contributed by atoms with Crippen LogP contribution < -0.4 is 0 Å². The fourth-order valence-electron chi connectivity index (χ4n) is 3.19. The van der Waals surface area contributed by atoms with E-state index in [-0.39, 0.29) is 15.1 Å². The van der Waals surface area contributed by atoms with Gasteiger partial charge < -0.3 is 0 Å². The first-order valence-electron chi connectivity index (χ1n) is 7.83. The molecule has 7 heteroatoms. The van der Waals surface area contributed by atoms with Crippen molar-refractivity contribution in [1.82, 2.24) is 14.7 Å². The van der Waals surface area contributed by atoms with Gasteiger partial charge >= 0.3 is 34.5 Å². The number of hydrogen-bond donors (Lipinski definition) is 0. The fourth-order valence-corrected chi connectivity index (χ4v) is 5.69. The van der Waals surface area contributed by atoms with E-state index in [1.807, 2.05) is 0 Å². The maximum absolute atomic E-state index is 4.85. The van der Waals surface area contributed by atoms with E-state index in [1.54, 1.807) is 0 Å². The predicted octanol–water partition coefficient (Wildman–Crippen LogP) is 4.66. The molecule has 132 valence electrons. The van der Waals surface area contributed by atoms with E-state index in [0.29, 0.717) is 13.8 Å². The molecule has 0 amide bonds. The summed E-state index contributed by atoms with van der Waals surface area (Å²) in [6, 6.07) is 8.71. The second kappa shape index (κ2) is 10.0. The Balaban J connectivity index is 0.000000143. The van der Waals surface area contributed by atoms with E-state index in [9.17, 15) is 0 Å². The number of aryl methyl sites for hydroxylation is 1. The van der Waals surface area contributed by atoms with Gasteiger partial charge in [-0.2, -0.15) is 0 Å². The summed E-state index contributed by atoms with van der Waals surface area (Å²) in [5.74, 6) is 0.653. The number of halogens is 2. The summed E-state index contributed by atoms with van der Waals surface area (Å²) in [4.78, 5) is 7.71. The molecule has 0 N–H and O–H groups in total. The first kappa shape index (κ1) is 20.1. The Morgan fingerprint density at radius 1 is 0.913 bits per heavy atom. The molecular formula is C16H26Cl2N3PRu. The van der Waals surface area contributed by atoms with Gasteiger partial charge in [0.2, 0.25) is 0 Å². The Bertz CT molecular complexity index is 416. The van der Waals surface area contributed by atoms with Crippen molar-refractivity contribution in [2.24, 2.45) is 0 Å². The first-order chi connectivity index (χ1) is 11.0. The van der Waals surface area contributed by atoms with E-state index in [1.165, 1.54) is 50.0 Å². The topological polar surface area (TPSA) is 9.72 Å². The molecule has 0 spiro atoms. The minimum absolute atomic E-state index is 0.346. The van der Waals surface area contributed by atoms with Gasteiger partial charge in [0.25, 0.3) is 0 Å². The molecule has 3 nitrogen and oxygen atoms in total. The number of rotatable bonds is 1. The average molecular weight is 463 g/mol. The van der Waals surface area contributed by atoms with Crippen LogP contribution in [0.1, 0.15) is 30.9 Å². The van der Waals surface area contributed by atoms with Gasteiger partial charge in [0, 0.05) is 18.9 Å². The molecule has 23 heavy (non-hydrogen) atoms. The third kappa shape index (κ3) is 6.51. The minimum atomic E-state index is -0.346. The molecule has 0 unspecified atom stereocenters. The number of hydrogen-bond acceptors (Lipinski definition) is 3. The molecule has 4 fully saturated rings. The molecule has 1 aromatic carbocycles. The van der Waals surface area contributed by atoms with Crippen LogP contribution in [0.25, 0.3) is 0 Å². The molecule has 0 aromatic heterocycles. The van der Waals surface area contributed by atoms with Gasteiger partial charge in [-0.1, -0.05) is 51.6 Å². The van der Waals surface area contributed by atoms with Gasteiger partial charge in [0.05, 0.1) is 20.0 Å². The zero-order valence-corrected chi connectivity index (χ0v) is 18.2. The molecule has 4 aliphatic heterocycles. The Labute approximate surface area is 157 Å². The Hall–Kier alpha value is 0.733. The zero-order valence-electron chi connectivity index (χ0n) is 14.0. The molecule has 4 saturated heterocycles. The Morgan fingerprint density at radius 2 is 1.30 bits per heavy atom. The molecule has 5 rings (SSSR count). The Morgan fingerprint density at radius 3 is 1.61 bits per heavy atom. The van der Waals surface area contributed by atoms with Crippen molar-refractivity contribution < 1.29 is 15.1 Å². The van der Waals surface area contributed by atoms with Crippen LogP contribution in [0.3, 0.4) is 0 Å². The summed E-state index contributed by atoms with van der Waals surface area (Å²) in [5.41, 5.74) is 2.76. The standard InChI is InChI=1S/C10H14.C6H12N3P.2ClH.Ru/c1-8(2)10-6-4-9(3)5-7-10;1-7-2-9-3-8(1)5-10(4-7)6-9;;;/h4-8H,1-3H3;1-6H2;2*1H;/q;;;;+2/p-2. The molecule has 4 heterocycles. The predicted molar refractivity (Wildman–Crippen MR) is 98.6 cm³/mol. The molecule has 4 aliphatic rings. The molecular weight excluding hydrogens is 437 g/mol. The SMILES string of the molecule is C1N2CN3CN1CP(C2)C3.Cc1ccc(C(C)C)cc1.[Cl][Ru][Cl]. The van der Waals surface area contributed by atoms with E-state index < -0.39 is 0 Å². The summed E-state index contributed by atoms with van der Waals surface area (Å²) >= 11 is -0.346. The van der Waals surface area contributed by atoms with Gasteiger partial charge in [0.15, 0.2) is 0 Å². The number of benzene rings is 1. The van der Waals surface area contributed by atoms with E-state index in [4.69, 9.17) is 19.4 Å². The molecule has 0 radical (unpaired) electrons. The average Bonchev–Trinajstić information content (AvgIpc) is 2.47. The van der Waals surface area contributed by atoms with Crippen LogP contribution in [0.2, 0.25) is 0 Å².